The minimum atomic E-state index is -0.582. The number of nitriles is 1. The first-order chi connectivity index (χ1) is 9.02. The summed E-state index contributed by atoms with van der Waals surface area (Å²) < 4.78 is 13.1. The summed E-state index contributed by atoms with van der Waals surface area (Å²) in [5.74, 6) is -0.720. The van der Waals surface area contributed by atoms with Crippen LogP contribution in [-0.2, 0) is 4.79 Å². The molecule has 1 amide bonds. The van der Waals surface area contributed by atoms with Gasteiger partial charge in [0.1, 0.15) is 11.9 Å². The molecule has 1 aromatic carbocycles. The van der Waals surface area contributed by atoms with Gasteiger partial charge in [0, 0.05) is 18.2 Å². The van der Waals surface area contributed by atoms with E-state index in [9.17, 15) is 9.18 Å². The van der Waals surface area contributed by atoms with Crippen molar-refractivity contribution in [2.45, 2.75) is 32.7 Å². The smallest absolute Gasteiger partial charge is 0.224 e. The lowest BCUT2D eigenvalue weighted by atomic mass is 10.2. The van der Waals surface area contributed by atoms with Gasteiger partial charge in [-0.05, 0) is 31.2 Å². The highest BCUT2D eigenvalue weighted by Gasteiger charge is 2.06. The number of halogens is 1. The van der Waals surface area contributed by atoms with Crippen LogP contribution in [0.25, 0.3) is 0 Å². The zero-order valence-corrected chi connectivity index (χ0v) is 11.2. The Morgan fingerprint density at radius 1 is 1.47 bits per heavy atom. The molecule has 0 aliphatic heterocycles. The Hall–Kier alpha value is -1.93. The fraction of sp³-hybridized carbons (Fsp3) is 0.429. The van der Waals surface area contributed by atoms with E-state index >= 15 is 0 Å². The first-order valence-corrected chi connectivity index (χ1v) is 6.26. The van der Waals surface area contributed by atoms with Crippen molar-refractivity contribution in [3.8, 4) is 6.07 Å². The Balaban J connectivity index is 2.42. The quantitative estimate of drug-likeness (QED) is 0.775. The third kappa shape index (κ3) is 5.49. The monoisotopic (exact) mass is 263 g/mol. The Labute approximate surface area is 112 Å². The number of amides is 1. The molecule has 5 heteroatoms. The van der Waals surface area contributed by atoms with Gasteiger partial charge in [-0.2, -0.15) is 5.26 Å². The van der Waals surface area contributed by atoms with Crippen LogP contribution in [0.5, 0.6) is 0 Å². The van der Waals surface area contributed by atoms with Gasteiger partial charge in [-0.15, -0.1) is 0 Å². The van der Waals surface area contributed by atoms with Crippen molar-refractivity contribution in [2.24, 2.45) is 0 Å². The highest BCUT2D eigenvalue weighted by atomic mass is 19.1. The first kappa shape index (κ1) is 15.1. The number of hydrogen-bond acceptors (Lipinski definition) is 3. The van der Waals surface area contributed by atoms with E-state index < -0.39 is 5.82 Å². The standard InChI is InChI=1S/C14H18FN3O/c1-10(2)17-7-3-4-14(19)18-12-5-6-13(15)11(8-12)9-16/h5-6,8,10,17H,3-4,7H2,1-2H3,(H,18,19). The van der Waals surface area contributed by atoms with Gasteiger partial charge in [0.25, 0.3) is 0 Å². The molecule has 0 bridgehead atoms. The van der Waals surface area contributed by atoms with E-state index in [0.717, 1.165) is 13.0 Å². The molecular formula is C14H18FN3O. The maximum atomic E-state index is 13.1. The average Bonchev–Trinajstić information content (AvgIpc) is 2.37. The Kier molecular flexibility index (Phi) is 5.97. The number of nitrogens with zero attached hydrogens (tertiary/aromatic N) is 1. The maximum absolute atomic E-state index is 13.1. The van der Waals surface area contributed by atoms with Crippen molar-refractivity contribution in [3.63, 3.8) is 0 Å². The number of rotatable bonds is 6. The molecule has 4 nitrogen and oxygen atoms in total. The number of hydrogen-bond donors (Lipinski definition) is 2. The normalized spacial score (nSPS) is 10.3. The van der Waals surface area contributed by atoms with Gasteiger partial charge in [0.15, 0.2) is 0 Å². The zero-order chi connectivity index (χ0) is 14.3. The summed E-state index contributed by atoms with van der Waals surface area (Å²) in [6.07, 6.45) is 1.12. The largest absolute Gasteiger partial charge is 0.326 e. The molecule has 0 unspecified atom stereocenters. The first-order valence-electron chi connectivity index (χ1n) is 6.26. The van der Waals surface area contributed by atoms with Crippen LogP contribution < -0.4 is 10.6 Å². The van der Waals surface area contributed by atoms with Gasteiger partial charge < -0.3 is 10.6 Å². The molecule has 19 heavy (non-hydrogen) atoms. The molecular weight excluding hydrogens is 245 g/mol. The molecule has 0 heterocycles. The molecule has 0 saturated carbocycles. The van der Waals surface area contributed by atoms with E-state index in [-0.39, 0.29) is 11.5 Å². The molecule has 0 saturated heterocycles. The van der Waals surface area contributed by atoms with Crippen molar-refractivity contribution < 1.29 is 9.18 Å². The Morgan fingerprint density at radius 3 is 2.84 bits per heavy atom. The van der Waals surface area contributed by atoms with Crippen LogP contribution in [0.2, 0.25) is 0 Å². The van der Waals surface area contributed by atoms with E-state index in [0.29, 0.717) is 18.2 Å². The van der Waals surface area contributed by atoms with Crippen molar-refractivity contribution in [1.29, 1.82) is 5.26 Å². The predicted octanol–water partition coefficient (Wildman–Crippen LogP) is 2.41. The second-order valence-corrected chi connectivity index (χ2v) is 4.57. The molecule has 0 spiro atoms. The van der Waals surface area contributed by atoms with E-state index in [1.807, 2.05) is 13.8 Å². The van der Waals surface area contributed by atoms with Crippen molar-refractivity contribution in [1.82, 2.24) is 5.32 Å². The minimum Gasteiger partial charge on any atom is -0.326 e. The van der Waals surface area contributed by atoms with Crippen molar-refractivity contribution >= 4 is 11.6 Å². The van der Waals surface area contributed by atoms with E-state index in [1.165, 1.54) is 18.2 Å². The van der Waals surface area contributed by atoms with Crippen LogP contribution in [0.3, 0.4) is 0 Å². The second kappa shape index (κ2) is 7.49. The van der Waals surface area contributed by atoms with Crippen molar-refractivity contribution in [2.75, 3.05) is 11.9 Å². The van der Waals surface area contributed by atoms with Gasteiger partial charge in [-0.3, -0.25) is 4.79 Å². The van der Waals surface area contributed by atoms with Gasteiger partial charge in [0.05, 0.1) is 5.56 Å². The Bertz CT molecular complexity index is 480. The van der Waals surface area contributed by atoms with Crippen LogP contribution in [-0.4, -0.2) is 18.5 Å². The van der Waals surface area contributed by atoms with Crippen LogP contribution in [0.1, 0.15) is 32.3 Å². The zero-order valence-electron chi connectivity index (χ0n) is 11.2. The average molecular weight is 263 g/mol. The molecule has 0 fully saturated rings. The molecule has 0 aliphatic carbocycles. The lowest BCUT2D eigenvalue weighted by Crippen LogP contribution is -2.24. The summed E-state index contributed by atoms with van der Waals surface area (Å²) in [5.41, 5.74) is 0.374. The third-order valence-electron chi connectivity index (χ3n) is 2.50. The van der Waals surface area contributed by atoms with Crippen LogP contribution in [0.15, 0.2) is 18.2 Å². The maximum Gasteiger partial charge on any atom is 0.224 e. The highest BCUT2D eigenvalue weighted by molar-refractivity contribution is 5.90. The van der Waals surface area contributed by atoms with Gasteiger partial charge in [-0.25, -0.2) is 4.39 Å². The van der Waals surface area contributed by atoms with Crippen LogP contribution in [0.4, 0.5) is 10.1 Å². The molecule has 2 N–H and O–H groups in total. The highest BCUT2D eigenvalue weighted by Crippen LogP contribution is 2.14. The van der Waals surface area contributed by atoms with Gasteiger partial charge in [-0.1, -0.05) is 13.8 Å². The molecule has 0 aromatic heterocycles. The van der Waals surface area contributed by atoms with Crippen LogP contribution >= 0.6 is 0 Å². The fourth-order valence-corrected chi connectivity index (χ4v) is 1.55. The lowest BCUT2D eigenvalue weighted by Gasteiger charge is -2.08. The minimum absolute atomic E-state index is 0.0701. The number of anilines is 1. The van der Waals surface area contributed by atoms with Crippen molar-refractivity contribution in [3.05, 3.63) is 29.6 Å². The van der Waals surface area contributed by atoms with Crippen LogP contribution in [0, 0.1) is 17.1 Å². The third-order valence-corrected chi connectivity index (χ3v) is 2.50. The van der Waals surface area contributed by atoms with E-state index in [4.69, 9.17) is 5.26 Å². The molecule has 102 valence electrons. The summed E-state index contributed by atoms with van der Waals surface area (Å²) in [6, 6.07) is 6.09. The summed E-state index contributed by atoms with van der Waals surface area (Å²) in [5, 5.41) is 14.6. The fourth-order valence-electron chi connectivity index (χ4n) is 1.55. The molecule has 0 radical (unpaired) electrons. The van der Waals surface area contributed by atoms with Gasteiger partial charge >= 0.3 is 0 Å². The Morgan fingerprint density at radius 2 is 2.21 bits per heavy atom. The number of carbonyl (C=O) groups is 1. The van der Waals surface area contributed by atoms with Gasteiger partial charge in [0.2, 0.25) is 5.91 Å². The number of benzene rings is 1. The van der Waals surface area contributed by atoms with E-state index in [2.05, 4.69) is 10.6 Å². The summed E-state index contributed by atoms with van der Waals surface area (Å²) in [7, 11) is 0. The number of nitrogens with one attached hydrogen (secondary N) is 2. The molecule has 1 aromatic rings. The number of carbonyl (C=O) groups excluding carboxylic acids is 1. The van der Waals surface area contributed by atoms with E-state index in [1.54, 1.807) is 6.07 Å². The summed E-state index contributed by atoms with van der Waals surface area (Å²) in [4.78, 5) is 11.6. The summed E-state index contributed by atoms with van der Waals surface area (Å²) >= 11 is 0. The lowest BCUT2D eigenvalue weighted by molar-refractivity contribution is -0.116. The molecule has 1 rings (SSSR count). The second-order valence-electron chi connectivity index (χ2n) is 4.57. The molecule has 0 aliphatic rings. The summed E-state index contributed by atoms with van der Waals surface area (Å²) in [6.45, 7) is 4.86. The SMILES string of the molecule is CC(C)NCCCC(=O)Nc1ccc(F)c(C#N)c1. The molecule has 0 atom stereocenters. The predicted molar refractivity (Wildman–Crippen MR) is 72.1 cm³/mol. The topological polar surface area (TPSA) is 64.9 Å².